The van der Waals surface area contributed by atoms with Gasteiger partial charge in [-0.2, -0.15) is 9.97 Å². The molecule has 1 aromatic carbocycles. The van der Waals surface area contributed by atoms with E-state index >= 15 is 0 Å². The van der Waals surface area contributed by atoms with Gasteiger partial charge in [0, 0.05) is 42.4 Å². The maximum atomic E-state index is 12.2. The number of urea groups is 1. The summed E-state index contributed by atoms with van der Waals surface area (Å²) in [5, 5.41) is 15.5. The highest BCUT2D eigenvalue weighted by molar-refractivity contribution is 5.99. The van der Waals surface area contributed by atoms with Crippen molar-refractivity contribution in [2.45, 2.75) is 13.0 Å². The molecule has 10 nitrogen and oxygen atoms in total. The first-order valence-corrected chi connectivity index (χ1v) is 9.94. The van der Waals surface area contributed by atoms with Crippen molar-refractivity contribution in [3.8, 4) is 11.4 Å². The third-order valence-corrected chi connectivity index (χ3v) is 4.65. The number of anilines is 3. The van der Waals surface area contributed by atoms with Crippen LogP contribution < -0.4 is 15.5 Å². The van der Waals surface area contributed by atoms with E-state index < -0.39 is 6.10 Å². The standard InChI is InChI=1S/C21H23N7O3/c1-14(29)18-25-19(27-20(26-18)28-10-12-31-13-11-28)15-2-4-16(5-3-15)23-21(30)24-17-6-8-22-9-7-17/h2-9,14,29H,10-13H2,1H3,(H2,22,23,24,30). The average molecular weight is 421 g/mol. The third-order valence-electron chi connectivity index (χ3n) is 4.65. The van der Waals surface area contributed by atoms with Gasteiger partial charge in [0.2, 0.25) is 5.95 Å². The predicted octanol–water partition coefficient (Wildman–Crippen LogP) is 2.47. The molecule has 31 heavy (non-hydrogen) atoms. The smallest absolute Gasteiger partial charge is 0.323 e. The minimum absolute atomic E-state index is 0.311. The molecule has 4 rings (SSSR count). The molecule has 0 radical (unpaired) electrons. The number of benzene rings is 1. The lowest BCUT2D eigenvalue weighted by Crippen LogP contribution is -2.37. The number of hydrogen-bond donors (Lipinski definition) is 3. The van der Waals surface area contributed by atoms with E-state index in [0.29, 0.717) is 55.3 Å². The Bertz CT molecular complexity index is 1020. The van der Waals surface area contributed by atoms with E-state index in [9.17, 15) is 9.90 Å². The van der Waals surface area contributed by atoms with Crippen molar-refractivity contribution in [2.24, 2.45) is 0 Å². The Labute approximate surface area is 179 Å². The maximum Gasteiger partial charge on any atom is 0.323 e. The summed E-state index contributed by atoms with van der Waals surface area (Å²) in [6.07, 6.45) is 2.39. The van der Waals surface area contributed by atoms with Gasteiger partial charge in [0.25, 0.3) is 0 Å². The third kappa shape index (κ3) is 5.30. The van der Waals surface area contributed by atoms with Crippen molar-refractivity contribution in [1.82, 2.24) is 19.9 Å². The molecule has 1 saturated heterocycles. The Balaban J connectivity index is 1.51. The van der Waals surface area contributed by atoms with Crippen LogP contribution in [0.1, 0.15) is 18.9 Å². The molecule has 1 atom stereocenters. The highest BCUT2D eigenvalue weighted by Crippen LogP contribution is 2.22. The maximum absolute atomic E-state index is 12.2. The van der Waals surface area contributed by atoms with Crippen LogP contribution in [-0.4, -0.2) is 57.4 Å². The molecular weight excluding hydrogens is 398 g/mol. The van der Waals surface area contributed by atoms with E-state index in [-0.39, 0.29) is 6.03 Å². The Morgan fingerprint density at radius 3 is 2.29 bits per heavy atom. The predicted molar refractivity (Wildman–Crippen MR) is 116 cm³/mol. The summed E-state index contributed by atoms with van der Waals surface area (Å²) in [6, 6.07) is 10.2. The van der Waals surface area contributed by atoms with Gasteiger partial charge in [-0.25, -0.2) is 9.78 Å². The van der Waals surface area contributed by atoms with Gasteiger partial charge in [0.05, 0.1) is 13.2 Å². The van der Waals surface area contributed by atoms with Crippen LogP contribution in [0.4, 0.5) is 22.1 Å². The number of aliphatic hydroxyl groups excluding tert-OH is 1. The largest absolute Gasteiger partial charge is 0.385 e. The number of nitrogens with zero attached hydrogens (tertiary/aromatic N) is 5. The second-order valence-corrected chi connectivity index (χ2v) is 6.98. The normalized spacial score (nSPS) is 14.7. The Kier molecular flexibility index (Phi) is 6.29. The van der Waals surface area contributed by atoms with Crippen molar-refractivity contribution >= 4 is 23.4 Å². The van der Waals surface area contributed by atoms with Gasteiger partial charge in [-0.3, -0.25) is 4.98 Å². The van der Waals surface area contributed by atoms with Crippen molar-refractivity contribution in [2.75, 3.05) is 41.8 Å². The van der Waals surface area contributed by atoms with Crippen LogP contribution in [0.15, 0.2) is 48.8 Å². The molecule has 0 bridgehead atoms. The number of ether oxygens (including phenoxy) is 1. The van der Waals surface area contributed by atoms with Crippen LogP contribution in [0.25, 0.3) is 11.4 Å². The van der Waals surface area contributed by atoms with E-state index in [1.165, 1.54) is 0 Å². The number of carbonyl (C=O) groups excluding carboxylic acids is 1. The number of morpholine rings is 1. The number of amides is 2. The fraction of sp³-hybridized carbons (Fsp3) is 0.286. The van der Waals surface area contributed by atoms with E-state index in [1.807, 2.05) is 17.0 Å². The van der Waals surface area contributed by atoms with Gasteiger partial charge in [0.15, 0.2) is 11.6 Å². The van der Waals surface area contributed by atoms with Crippen LogP contribution in [-0.2, 0) is 4.74 Å². The fourth-order valence-electron chi connectivity index (χ4n) is 3.03. The second-order valence-electron chi connectivity index (χ2n) is 6.98. The molecule has 1 aliphatic rings. The molecule has 10 heteroatoms. The van der Waals surface area contributed by atoms with Gasteiger partial charge in [-0.05, 0) is 43.3 Å². The monoisotopic (exact) mass is 421 g/mol. The van der Waals surface area contributed by atoms with E-state index in [4.69, 9.17) is 4.74 Å². The molecule has 1 fully saturated rings. The molecule has 0 aliphatic carbocycles. The first-order chi connectivity index (χ1) is 15.1. The Morgan fingerprint density at radius 2 is 1.65 bits per heavy atom. The van der Waals surface area contributed by atoms with Crippen molar-refractivity contribution in [1.29, 1.82) is 0 Å². The molecule has 0 spiro atoms. The van der Waals surface area contributed by atoms with E-state index in [2.05, 4.69) is 30.6 Å². The number of pyridine rings is 1. The summed E-state index contributed by atoms with van der Waals surface area (Å²) in [5.41, 5.74) is 2.02. The number of hydrogen-bond acceptors (Lipinski definition) is 8. The quantitative estimate of drug-likeness (QED) is 0.574. The number of carbonyl (C=O) groups is 1. The minimum atomic E-state index is -0.820. The van der Waals surface area contributed by atoms with Crippen molar-refractivity contribution in [3.05, 3.63) is 54.6 Å². The lowest BCUT2D eigenvalue weighted by molar-refractivity contribution is 0.122. The van der Waals surface area contributed by atoms with Crippen LogP contribution in [0.3, 0.4) is 0 Å². The summed E-state index contributed by atoms with van der Waals surface area (Å²) in [7, 11) is 0. The van der Waals surface area contributed by atoms with E-state index in [0.717, 1.165) is 5.56 Å². The Morgan fingerprint density at radius 1 is 1.00 bits per heavy atom. The molecule has 3 aromatic rings. The molecule has 0 saturated carbocycles. The van der Waals surface area contributed by atoms with Crippen LogP contribution >= 0.6 is 0 Å². The first-order valence-electron chi connectivity index (χ1n) is 9.94. The molecule has 3 heterocycles. The lowest BCUT2D eigenvalue weighted by atomic mass is 10.2. The van der Waals surface area contributed by atoms with E-state index in [1.54, 1.807) is 43.6 Å². The topological polar surface area (TPSA) is 125 Å². The Hall–Kier alpha value is -3.63. The zero-order valence-electron chi connectivity index (χ0n) is 17.0. The number of nitrogens with one attached hydrogen (secondary N) is 2. The second kappa shape index (κ2) is 9.45. The van der Waals surface area contributed by atoms with Crippen LogP contribution in [0.2, 0.25) is 0 Å². The zero-order valence-corrected chi connectivity index (χ0v) is 17.0. The minimum Gasteiger partial charge on any atom is -0.385 e. The highest BCUT2D eigenvalue weighted by atomic mass is 16.5. The van der Waals surface area contributed by atoms with Crippen LogP contribution in [0, 0.1) is 0 Å². The van der Waals surface area contributed by atoms with Gasteiger partial charge < -0.3 is 25.4 Å². The molecular formula is C21H23N7O3. The van der Waals surface area contributed by atoms with Gasteiger partial charge >= 0.3 is 6.03 Å². The molecule has 1 unspecified atom stereocenters. The molecule has 3 N–H and O–H groups in total. The average Bonchev–Trinajstić information content (AvgIpc) is 2.80. The number of rotatable bonds is 5. The number of aliphatic hydroxyl groups is 1. The van der Waals surface area contributed by atoms with Crippen LogP contribution in [0.5, 0.6) is 0 Å². The van der Waals surface area contributed by atoms with Gasteiger partial charge in [-0.15, -0.1) is 0 Å². The van der Waals surface area contributed by atoms with Crippen molar-refractivity contribution in [3.63, 3.8) is 0 Å². The summed E-state index contributed by atoms with van der Waals surface area (Å²) in [6.45, 7) is 4.19. The first kappa shape index (κ1) is 20.6. The summed E-state index contributed by atoms with van der Waals surface area (Å²) >= 11 is 0. The fourth-order valence-corrected chi connectivity index (χ4v) is 3.03. The van der Waals surface area contributed by atoms with Crippen molar-refractivity contribution < 1.29 is 14.6 Å². The summed E-state index contributed by atoms with van der Waals surface area (Å²) < 4.78 is 5.39. The SMILES string of the molecule is CC(O)c1nc(-c2ccc(NC(=O)Nc3ccncc3)cc2)nc(N2CCOCC2)n1. The molecule has 160 valence electrons. The number of aromatic nitrogens is 4. The lowest BCUT2D eigenvalue weighted by Gasteiger charge is -2.27. The molecule has 2 aromatic heterocycles. The van der Waals surface area contributed by atoms with Gasteiger partial charge in [0.1, 0.15) is 6.10 Å². The molecule has 1 aliphatic heterocycles. The molecule has 2 amide bonds. The highest BCUT2D eigenvalue weighted by Gasteiger charge is 2.18. The summed E-state index contributed by atoms with van der Waals surface area (Å²) in [4.78, 5) is 31.5. The zero-order chi connectivity index (χ0) is 21.6. The van der Waals surface area contributed by atoms with Gasteiger partial charge in [-0.1, -0.05) is 0 Å². The summed E-state index contributed by atoms with van der Waals surface area (Å²) in [5.74, 6) is 1.29.